The average molecular weight is 195 g/mol. The van der Waals surface area contributed by atoms with E-state index in [4.69, 9.17) is 4.74 Å². The third kappa shape index (κ3) is 1.69. The summed E-state index contributed by atoms with van der Waals surface area (Å²) in [5, 5.41) is 0. The molecule has 78 valence electrons. The molecule has 3 nitrogen and oxygen atoms in total. The number of hydrogen-bond donors (Lipinski definition) is 0. The zero-order valence-corrected chi connectivity index (χ0v) is 8.50. The summed E-state index contributed by atoms with van der Waals surface area (Å²) in [5.74, 6) is 0.0657. The molecule has 0 aromatic carbocycles. The van der Waals surface area contributed by atoms with Gasteiger partial charge in [-0.05, 0) is 25.3 Å². The number of likely N-dealkylation sites (tertiary alicyclic amines) is 1. The van der Waals surface area contributed by atoms with Crippen LogP contribution in [0, 0.1) is 5.41 Å². The minimum Gasteiger partial charge on any atom is -0.381 e. The highest BCUT2D eigenvalue weighted by Gasteiger charge is 2.39. The van der Waals surface area contributed by atoms with E-state index in [1.165, 1.54) is 12.5 Å². The van der Waals surface area contributed by atoms with Crippen LogP contribution in [0.2, 0.25) is 0 Å². The van der Waals surface area contributed by atoms with Gasteiger partial charge < -0.3 is 9.64 Å². The number of nitrogens with zero attached hydrogens (tertiary/aromatic N) is 1. The van der Waals surface area contributed by atoms with Crippen LogP contribution in [0.3, 0.4) is 0 Å². The van der Waals surface area contributed by atoms with Crippen molar-refractivity contribution in [1.82, 2.24) is 4.90 Å². The van der Waals surface area contributed by atoms with Gasteiger partial charge in [0, 0.05) is 25.1 Å². The molecule has 0 aromatic heterocycles. The van der Waals surface area contributed by atoms with Gasteiger partial charge >= 0.3 is 0 Å². The summed E-state index contributed by atoms with van der Waals surface area (Å²) in [5.41, 5.74) is 0.261. The van der Waals surface area contributed by atoms with E-state index in [0.717, 1.165) is 39.1 Å². The van der Waals surface area contributed by atoms with Gasteiger partial charge in [-0.25, -0.2) is 0 Å². The van der Waals surface area contributed by atoms with Crippen molar-refractivity contribution in [1.29, 1.82) is 0 Å². The average Bonchev–Trinajstić information content (AvgIpc) is 2.65. The lowest BCUT2D eigenvalue weighted by Crippen LogP contribution is -2.45. The van der Waals surface area contributed by atoms with Crippen molar-refractivity contribution in [3.8, 4) is 0 Å². The Bertz CT molecular complexity index is 244. The van der Waals surface area contributed by atoms with Gasteiger partial charge in [-0.2, -0.15) is 0 Å². The Balaban J connectivity index is 2.03. The molecule has 14 heavy (non-hydrogen) atoms. The molecule has 2 heterocycles. The standard InChI is InChI=1S/C11H17NO2/c1-2-10(13)12-6-3-4-11(8-12)5-7-14-9-11/h2H,1,3-9H2. The lowest BCUT2D eigenvalue weighted by atomic mass is 9.79. The van der Waals surface area contributed by atoms with Gasteiger partial charge in [0.1, 0.15) is 0 Å². The minimum absolute atomic E-state index is 0.0657. The van der Waals surface area contributed by atoms with E-state index in [1.54, 1.807) is 0 Å². The fourth-order valence-corrected chi connectivity index (χ4v) is 2.50. The second-order valence-electron chi connectivity index (χ2n) is 4.37. The van der Waals surface area contributed by atoms with Crippen LogP contribution in [-0.4, -0.2) is 37.1 Å². The molecular formula is C11H17NO2. The van der Waals surface area contributed by atoms with E-state index in [9.17, 15) is 4.79 Å². The van der Waals surface area contributed by atoms with Gasteiger partial charge in [0.15, 0.2) is 0 Å². The van der Waals surface area contributed by atoms with Gasteiger partial charge in [0.05, 0.1) is 6.61 Å². The van der Waals surface area contributed by atoms with Crippen LogP contribution in [-0.2, 0) is 9.53 Å². The number of ether oxygens (including phenoxy) is 1. The summed E-state index contributed by atoms with van der Waals surface area (Å²) < 4.78 is 5.44. The number of amides is 1. The highest BCUT2D eigenvalue weighted by molar-refractivity contribution is 5.87. The monoisotopic (exact) mass is 195 g/mol. The summed E-state index contributed by atoms with van der Waals surface area (Å²) in [6, 6.07) is 0. The molecule has 1 unspecified atom stereocenters. The maximum Gasteiger partial charge on any atom is 0.245 e. The van der Waals surface area contributed by atoms with Crippen LogP contribution in [0.15, 0.2) is 12.7 Å². The molecule has 1 amide bonds. The Morgan fingerprint density at radius 2 is 2.36 bits per heavy atom. The van der Waals surface area contributed by atoms with E-state index in [0.29, 0.717) is 0 Å². The minimum atomic E-state index is 0.0657. The zero-order valence-electron chi connectivity index (χ0n) is 8.50. The van der Waals surface area contributed by atoms with Crippen LogP contribution in [0.1, 0.15) is 19.3 Å². The zero-order chi connectivity index (χ0) is 10.0. The predicted molar refractivity (Wildman–Crippen MR) is 53.9 cm³/mol. The van der Waals surface area contributed by atoms with Crippen molar-refractivity contribution in [3.05, 3.63) is 12.7 Å². The molecule has 0 N–H and O–H groups in total. The molecule has 2 aliphatic rings. The topological polar surface area (TPSA) is 29.5 Å². The van der Waals surface area contributed by atoms with Crippen molar-refractivity contribution in [2.45, 2.75) is 19.3 Å². The van der Waals surface area contributed by atoms with Crippen LogP contribution in [0.25, 0.3) is 0 Å². The molecule has 3 heteroatoms. The van der Waals surface area contributed by atoms with Crippen molar-refractivity contribution in [2.75, 3.05) is 26.3 Å². The van der Waals surface area contributed by atoms with Gasteiger partial charge in [-0.1, -0.05) is 6.58 Å². The first kappa shape index (κ1) is 9.71. The summed E-state index contributed by atoms with van der Waals surface area (Å²) in [6.45, 7) is 6.95. The second kappa shape index (κ2) is 3.73. The summed E-state index contributed by atoms with van der Waals surface area (Å²) >= 11 is 0. The second-order valence-corrected chi connectivity index (χ2v) is 4.37. The Labute approximate surface area is 84.7 Å². The van der Waals surface area contributed by atoms with E-state index >= 15 is 0 Å². The smallest absolute Gasteiger partial charge is 0.245 e. The Morgan fingerprint density at radius 1 is 1.50 bits per heavy atom. The fourth-order valence-electron chi connectivity index (χ4n) is 2.50. The summed E-state index contributed by atoms with van der Waals surface area (Å²) in [6.07, 6.45) is 4.82. The highest BCUT2D eigenvalue weighted by atomic mass is 16.5. The molecule has 2 aliphatic heterocycles. The van der Waals surface area contributed by atoms with Gasteiger partial charge in [0.25, 0.3) is 0 Å². The number of carbonyl (C=O) groups excluding carboxylic acids is 1. The number of rotatable bonds is 1. The highest BCUT2D eigenvalue weighted by Crippen LogP contribution is 2.37. The molecule has 0 aromatic rings. The Morgan fingerprint density at radius 3 is 3.00 bits per heavy atom. The molecule has 1 spiro atoms. The molecule has 1 atom stereocenters. The molecule has 0 radical (unpaired) electrons. The molecule has 2 fully saturated rings. The van der Waals surface area contributed by atoms with E-state index < -0.39 is 0 Å². The lowest BCUT2D eigenvalue weighted by Gasteiger charge is -2.38. The summed E-state index contributed by atoms with van der Waals surface area (Å²) in [4.78, 5) is 13.4. The van der Waals surface area contributed by atoms with Crippen molar-refractivity contribution >= 4 is 5.91 Å². The van der Waals surface area contributed by atoms with E-state index in [-0.39, 0.29) is 11.3 Å². The third-order valence-electron chi connectivity index (χ3n) is 3.33. The third-order valence-corrected chi connectivity index (χ3v) is 3.33. The van der Waals surface area contributed by atoms with Crippen LogP contribution in [0.5, 0.6) is 0 Å². The van der Waals surface area contributed by atoms with E-state index in [1.807, 2.05) is 4.90 Å². The first-order valence-electron chi connectivity index (χ1n) is 5.25. The molecule has 0 bridgehead atoms. The molecular weight excluding hydrogens is 178 g/mol. The van der Waals surface area contributed by atoms with Crippen LogP contribution < -0.4 is 0 Å². The van der Waals surface area contributed by atoms with Crippen LogP contribution in [0.4, 0.5) is 0 Å². The SMILES string of the molecule is C=CC(=O)N1CCCC2(CCOC2)C1. The van der Waals surface area contributed by atoms with Crippen molar-refractivity contribution in [2.24, 2.45) is 5.41 Å². The Kier molecular flexibility index (Phi) is 2.59. The number of carbonyl (C=O) groups is 1. The van der Waals surface area contributed by atoms with Crippen LogP contribution >= 0.6 is 0 Å². The number of hydrogen-bond acceptors (Lipinski definition) is 2. The number of piperidine rings is 1. The first-order valence-corrected chi connectivity index (χ1v) is 5.25. The largest absolute Gasteiger partial charge is 0.381 e. The molecule has 0 aliphatic carbocycles. The maximum atomic E-state index is 11.5. The summed E-state index contributed by atoms with van der Waals surface area (Å²) in [7, 11) is 0. The molecule has 2 rings (SSSR count). The lowest BCUT2D eigenvalue weighted by molar-refractivity contribution is -0.129. The first-order chi connectivity index (χ1) is 6.76. The van der Waals surface area contributed by atoms with Gasteiger partial charge in [-0.3, -0.25) is 4.79 Å². The Hall–Kier alpha value is -0.830. The van der Waals surface area contributed by atoms with Crippen molar-refractivity contribution < 1.29 is 9.53 Å². The quantitative estimate of drug-likeness (QED) is 0.588. The van der Waals surface area contributed by atoms with Gasteiger partial charge in [0.2, 0.25) is 5.91 Å². The predicted octanol–water partition coefficient (Wildman–Crippen LogP) is 1.20. The van der Waals surface area contributed by atoms with Gasteiger partial charge in [-0.15, -0.1) is 0 Å². The maximum absolute atomic E-state index is 11.5. The fraction of sp³-hybridized carbons (Fsp3) is 0.727. The molecule has 2 saturated heterocycles. The van der Waals surface area contributed by atoms with Crippen molar-refractivity contribution in [3.63, 3.8) is 0 Å². The van der Waals surface area contributed by atoms with E-state index in [2.05, 4.69) is 6.58 Å². The molecule has 0 saturated carbocycles. The normalized spacial score (nSPS) is 32.1.